The van der Waals surface area contributed by atoms with Gasteiger partial charge in [0.2, 0.25) is 0 Å². The molecule has 1 aromatic heterocycles. The minimum absolute atomic E-state index is 0.523. The second-order valence-electron chi connectivity index (χ2n) is 2.58. The van der Waals surface area contributed by atoms with Crippen molar-refractivity contribution in [2.24, 2.45) is 0 Å². The smallest absolute Gasteiger partial charge is 0.112 e. The summed E-state index contributed by atoms with van der Waals surface area (Å²) >= 11 is 0. The van der Waals surface area contributed by atoms with Crippen LogP contribution in [0.3, 0.4) is 0 Å². The van der Waals surface area contributed by atoms with E-state index < -0.39 is 0 Å². The normalized spacial score (nSPS) is 20.8. The zero-order valence-electron chi connectivity index (χ0n) is 6.04. The Morgan fingerprint density at radius 2 is 2.45 bits per heavy atom. The molecule has 0 spiro atoms. The third-order valence-electron chi connectivity index (χ3n) is 1.74. The lowest BCUT2D eigenvalue weighted by atomic mass is 10.2. The summed E-state index contributed by atoms with van der Waals surface area (Å²) in [6.07, 6.45) is 7.00. The Morgan fingerprint density at radius 3 is 2.91 bits per heavy atom. The molecule has 11 heavy (non-hydrogen) atoms. The first-order chi connectivity index (χ1) is 5.40. The van der Waals surface area contributed by atoms with Crippen LogP contribution in [0.1, 0.15) is 17.3 Å². The molecule has 1 fully saturated rings. The van der Waals surface area contributed by atoms with Crippen LogP contribution in [0, 0.1) is 12.3 Å². The highest BCUT2D eigenvalue weighted by atomic mass is 15.1. The second-order valence-corrected chi connectivity index (χ2v) is 2.58. The summed E-state index contributed by atoms with van der Waals surface area (Å²) in [6, 6.07) is 4.41. The largest absolute Gasteiger partial charge is 0.307 e. The molecule has 2 heterocycles. The minimum Gasteiger partial charge on any atom is -0.307 e. The average molecular weight is 144 g/mol. The van der Waals surface area contributed by atoms with E-state index in [0.29, 0.717) is 11.7 Å². The molecule has 1 aliphatic rings. The van der Waals surface area contributed by atoms with Gasteiger partial charge in [0.25, 0.3) is 0 Å². The number of terminal acetylenes is 1. The molecular weight excluding hydrogens is 136 g/mol. The zero-order chi connectivity index (χ0) is 7.68. The summed E-state index contributed by atoms with van der Waals surface area (Å²) in [7, 11) is 0. The van der Waals surface area contributed by atoms with E-state index in [-0.39, 0.29) is 0 Å². The predicted octanol–water partition coefficient (Wildman–Crippen LogP) is 0.707. The SMILES string of the molecule is C#Cc1ccc([C@@H]2CN2)cn1. The lowest BCUT2D eigenvalue weighted by molar-refractivity contribution is 1.05. The van der Waals surface area contributed by atoms with Gasteiger partial charge >= 0.3 is 0 Å². The van der Waals surface area contributed by atoms with Gasteiger partial charge in [0.05, 0.1) is 0 Å². The molecule has 0 unspecified atom stereocenters. The van der Waals surface area contributed by atoms with Crippen molar-refractivity contribution in [1.82, 2.24) is 10.3 Å². The fourth-order valence-electron chi connectivity index (χ4n) is 0.991. The lowest BCUT2D eigenvalue weighted by Crippen LogP contribution is -1.87. The molecule has 1 saturated heterocycles. The van der Waals surface area contributed by atoms with Gasteiger partial charge < -0.3 is 5.32 Å². The maximum atomic E-state index is 5.16. The van der Waals surface area contributed by atoms with Crippen LogP contribution in [0.15, 0.2) is 18.3 Å². The number of pyridine rings is 1. The Balaban J connectivity index is 2.27. The molecule has 2 rings (SSSR count). The van der Waals surface area contributed by atoms with Crippen molar-refractivity contribution in [3.63, 3.8) is 0 Å². The van der Waals surface area contributed by atoms with Crippen molar-refractivity contribution in [2.45, 2.75) is 6.04 Å². The average Bonchev–Trinajstić information content (AvgIpc) is 2.87. The van der Waals surface area contributed by atoms with Gasteiger partial charge in [-0.05, 0) is 11.6 Å². The Morgan fingerprint density at radius 1 is 1.64 bits per heavy atom. The number of nitrogens with one attached hydrogen (secondary N) is 1. The number of nitrogens with zero attached hydrogens (tertiary/aromatic N) is 1. The molecule has 0 aromatic carbocycles. The van der Waals surface area contributed by atoms with Crippen molar-refractivity contribution in [3.05, 3.63) is 29.6 Å². The minimum atomic E-state index is 0.523. The molecular formula is C9H8N2. The highest BCUT2D eigenvalue weighted by Crippen LogP contribution is 2.19. The van der Waals surface area contributed by atoms with Gasteiger partial charge in [-0.1, -0.05) is 12.0 Å². The second kappa shape index (κ2) is 2.37. The summed E-state index contributed by atoms with van der Waals surface area (Å²) in [4.78, 5) is 4.08. The summed E-state index contributed by atoms with van der Waals surface area (Å²) in [5.74, 6) is 2.48. The van der Waals surface area contributed by atoms with E-state index >= 15 is 0 Å². The van der Waals surface area contributed by atoms with Crippen LogP contribution in [-0.4, -0.2) is 11.5 Å². The van der Waals surface area contributed by atoms with E-state index in [1.54, 1.807) is 0 Å². The number of hydrogen-bond acceptors (Lipinski definition) is 2. The first kappa shape index (κ1) is 6.38. The van der Waals surface area contributed by atoms with Crippen molar-refractivity contribution in [1.29, 1.82) is 0 Å². The summed E-state index contributed by atoms with van der Waals surface area (Å²) < 4.78 is 0. The van der Waals surface area contributed by atoms with Crippen molar-refractivity contribution in [3.8, 4) is 12.3 Å². The van der Waals surface area contributed by atoms with Crippen LogP contribution < -0.4 is 5.32 Å². The monoisotopic (exact) mass is 144 g/mol. The van der Waals surface area contributed by atoms with Crippen LogP contribution in [0.2, 0.25) is 0 Å². The quantitative estimate of drug-likeness (QED) is 0.465. The number of hydrogen-bond donors (Lipinski definition) is 1. The summed E-state index contributed by atoms with van der Waals surface area (Å²) in [5, 5.41) is 3.20. The first-order valence-electron chi connectivity index (χ1n) is 3.56. The molecule has 0 radical (unpaired) electrons. The zero-order valence-corrected chi connectivity index (χ0v) is 6.04. The topological polar surface area (TPSA) is 34.8 Å². The van der Waals surface area contributed by atoms with Crippen LogP contribution in [-0.2, 0) is 0 Å². The Hall–Kier alpha value is -1.33. The van der Waals surface area contributed by atoms with Gasteiger partial charge in [-0.15, -0.1) is 6.42 Å². The number of rotatable bonds is 1. The van der Waals surface area contributed by atoms with Gasteiger partial charge in [0.15, 0.2) is 0 Å². The van der Waals surface area contributed by atoms with Crippen LogP contribution >= 0.6 is 0 Å². The fraction of sp³-hybridized carbons (Fsp3) is 0.222. The molecule has 1 aliphatic heterocycles. The molecule has 1 N–H and O–H groups in total. The van der Waals surface area contributed by atoms with Gasteiger partial charge in [-0.2, -0.15) is 0 Å². The Kier molecular flexibility index (Phi) is 1.38. The Labute approximate surface area is 65.7 Å². The lowest BCUT2D eigenvalue weighted by Gasteiger charge is -1.94. The van der Waals surface area contributed by atoms with Gasteiger partial charge in [0.1, 0.15) is 5.69 Å². The Bertz CT molecular complexity index is 290. The van der Waals surface area contributed by atoms with Gasteiger partial charge in [-0.3, -0.25) is 0 Å². The molecule has 54 valence electrons. The van der Waals surface area contributed by atoms with Gasteiger partial charge in [-0.25, -0.2) is 4.98 Å². The molecule has 1 atom stereocenters. The highest BCUT2D eigenvalue weighted by Gasteiger charge is 2.21. The van der Waals surface area contributed by atoms with Crippen molar-refractivity contribution in [2.75, 3.05) is 6.54 Å². The highest BCUT2D eigenvalue weighted by molar-refractivity contribution is 5.29. The molecule has 2 heteroatoms. The van der Waals surface area contributed by atoms with Crippen LogP contribution in [0.5, 0.6) is 0 Å². The fourth-order valence-corrected chi connectivity index (χ4v) is 0.991. The van der Waals surface area contributed by atoms with Gasteiger partial charge in [0, 0.05) is 18.8 Å². The third-order valence-corrected chi connectivity index (χ3v) is 1.74. The summed E-state index contributed by atoms with van der Waals surface area (Å²) in [6.45, 7) is 1.07. The predicted molar refractivity (Wildman–Crippen MR) is 42.9 cm³/mol. The molecule has 0 aliphatic carbocycles. The third kappa shape index (κ3) is 1.24. The standard InChI is InChI=1S/C9H8N2/c1-2-8-4-3-7(5-10-8)9-6-11-9/h1,3-5,9,11H,6H2/t9-/m0/s1. The maximum Gasteiger partial charge on any atom is 0.112 e. The maximum absolute atomic E-state index is 5.16. The van der Waals surface area contributed by atoms with Crippen molar-refractivity contribution < 1.29 is 0 Å². The van der Waals surface area contributed by atoms with Crippen LogP contribution in [0.25, 0.3) is 0 Å². The van der Waals surface area contributed by atoms with E-state index in [1.807, 2.05) is 18.3 Å². The molecule has 1 aromatic rings. The molecule has 2 nitrogen and oxygen atoms in total. The van der Waals surface area contributed by atoms with E-state index in [0.717, 1.165) is 6.54 Å². The first-order valence-corrected chi connectivity index (χ1v) is 3.56. The van der Waals surface area contributed by atoms with E-state index in [4.69, 9.17) is 6.42 Å². The van der Waals surface area contributed by atoms with E-state index in [2.05, 4.69) is 16.2 Å². The van der Waals surface area contributed by atoms with E-state index in [9.17, 15) is 0 Å². The van der Waals surface area contributed by atoms with Crippen molar-refractivity contribution >= 4 is 0 Å². The molecule has 0 bridgehead atoms. The van der Waals surface area contributed by atoms with Crippen LogP contribution in [0.4, 0.5) is 0 Å². The van der Waals surface area contributed by atoms with E-state index in [1.165, 1.54) is 5.56 Å². The molecule has 0 saturated carbocycles. The summed E-state index contributed by atoms with van der Waals surface area (Å²) in [5.41, 5.74) is 1.93. The molecule has 0 amide bonds. The number of aromatic nitrogens is 1.